The van der Waals surface area contributed by atoms with Crippen molar-refractivity contribution in [3.63, 3.8) is 0 Å². The minimum Gasteiger partial charge on any atom is -0.382 e. The maximum atomic E-state index is 3.71. The van der Waals surface area contributed by atoms with Crippen molar-refractivity contribution in [2.45, 2.75) is 18.9 Å². The van der Waals surface area contributed by atoms with Gasteiger partial charge in [0.1, 0.15) is 0 Å². The van der Waals surface area contributed by atoms with E-state index in [2.05, 4.69) is 71.3 Å². The van der Waals surface area contributed by atoms with Crippen molar-refractivity contribution < 1.29 is 0 Å². The Morgan fingerprint density at radius 1 is 0.950 bits per heavy atom. The van der Waals surface area contributed by atoms with Gasteiger partial charge in [0.05, 0.1) is 0 Å². The molecule has 2 atom stereocenters. The number of hydrogen-bond donors (Lipinski definition) is 2. The molecule has 3 rings (SSSR count). The third kappa shape index (κ3) is 3.40. The van der Waals surface area contributed by atoms with Crippen LogP contribution in [0.15, 0.2) is 60.7 Å². The molecule has 0 radical (unpaired) electrons. The molecule has 0 saturated carbocycles. The summed E-state index contributed by atoms with van der Waals surface area (Å²) in [5.41, 5.74) is 2.67. The van der Waals surface area contributed by atoms with Gasteiger partial charge < -0.3 is 10.6 Å². The average Bonchev–Trinajstić information content (AvgIpc) is 2.51. The zero-order valence-corrected chi connectivity index (χ0v) is 11.8. The fourth-order valence-electron chi connectivity index (χ4n) is 2.99. The summed E-state index contributed by atoms with van der Waals surface area (Å²) >= 11 is 0. The zero-order chi connectivity index (χ0) is 13.6. The van der Waals surface area contributed by atoms with Crippen LogP contribution < -0.4 is 10.6 Å². The molecule has 0 spiro atoms. The van der Waals surface area contributed by atoms with E-state index >= 15 is 0 Å². The summed E-state index contributed by atoms with van der Waals surface area (Å²) in [6.07, 6.45) is 2.32. The highest BCUT2D eigenvalue weighted by molar-refractivity contribution is 5.43. The van der Waals surface area contributed by atoms with E-state index in [0.717, 1.165) is 19.5 Å². The Balaban J connectivity index is 1.68. The van der Waals surface area contributed by atoms with Gasteiger partial charge in [0, 0.05) is 18.3 Å². The molecular formula is C18H22N2. The van der Waals surface area contributed by atoms with E-state index in [0.29, 0.717) is 12.0 Å². The molecule has 0 amide bonds. The van der Waals surface area contributed by atoms with Crippen molar-refractivity contribution in [3.05, 3.63) is 66.2 Å². The predicted molar refractivity (Wildman–Crippen MR) is 85.0 cm³/mol. The number of para-hydroxylation sites is 1. The smallest absolute Gasteiger partial charge is 0.0342 e. The molecule has 2 aromatic rings. The van der Waals surface area contributed by atoms with E-state index in [9.17, 15) is 0 Å². The lowest BCUT2D eigenvalue weighted by molar-refractivity contribution is 0.342. The van der Waals surface area contributed by atoms with Crippen LogP contribution in [0, 0.1) is 5.92 Å². The third-order valence-electron chi connectivity index (χ3n) is 4.07. The van der Waals surface area contributed by atoms with Crippen molar-refractivity contribution in [2.75, 3.05) is 18.4 Å². The average molecular weight is 266 g/mol. The molecule has 1 aliphatic rings. The molecule has 2 heteroatoms. The Morgan fingerprint density at radius 3 is 2.40 bits per heavy atom. The molecule has 2 nitrogen and oxygen atoms in total. The second-order valence-corrected chi connectivity index (χ2v) is 5.56. The van der Waals surface area contributed by atoms with Gasteiger partial charge in [-0.3, -0.25) is 0 Å². The largest absolute Gasteiger partial charge is 0.382 e. The summed E-state index contributed by atoms with van der Waals surface area (Å²) in [6.45, 7) is 2.20. The Bertz CT molecular complexity index is 460. The number of anilines is 1. The van der Waals surface area contributed by atoms with Crippen LogP contribution in [0.3, 0.4) is 0 Å². The van der Waals surface area contributed by atoms with E-state index in [-0.39, 0.29) is 0 Å². The lowest BCUT2D eigenvalue weighted by Crippen LogP contribution is -2.44. The lowest BCUT2D eigenvalue weighted by atomic mass is 9.87. The van der Waals surface area contributed by atoms with E-state index in [1.807, 2.05) is 0 Å². The summed E-state index contributed by atoms with van der Waals surface area (Å²) in [7, 11) is 0. The fraction of sp³-hybridized carbons (Fsp3) is 0.333. The summed E-state index contributed by atoms with van der Waals surface area (Å²) in [5.74, 6) is 0.645. The quantitative estimate of drug-likeness (QED) is 0.887. The normalized spacial score (nSPS) is 22.4. The maximum absolute atomic E-state index is 3.71. The van der Waals surface area contributed by atoms with Crippen LogP contribution >= 0.6 is 0 Å². The van der Waals surface area contributed by atoms with Crippen molar-refractivity contribution in [3.8, 4) is 0 Å². The van der Waals surface area contributed by atoms with Crippen LogP contribution in [0.2, 0.25) is 0 Å². The van der Waals surface area contributed by atoms with Crippen LogP contribution in [0.4, 0.5) is 5.69 Å². The number of piperidine rings is 1. The minimum atomic E-state index is 0.554. The third-order valence-corrected chi connectivity index (χ3v) is 4.07. The second kappa shape index (κ2) is 6.58. The molecule has 1 aliphatic heterocycles. The monoisotopic (exact) mass is 266 g/mol. The van der Waals surface area contributed by atoms with Gasteiger partial charge in [-0.2, -0.15) is 0 Å². The fourth-order valence-corrected chi connectivity index (χ4v) is 2.99. The molecule has 1 saturated heterocycles. The predicted octanol–water partition coefficient (Wildman–Crippen LogP) is 3.32. The minimum absolute atomic E-state index is 0.554. The van der Waals surface area contributed by atoms with Crippen LogP contribution in [-0.2, 0) is 6.42 Å². The standard InChI is InChI=1S/C18H22N2/c1-3-7-15(8-4-1)13-16-14-19-12-11-18(16)20-17-9-5-2-6-10-17/h1-10,16,18-20H,11-14H2/t16-,18+/m1/s1. The molecule has 0 bridgehead atoms. The first kappa shape index (κ1) is 13.2. The van der Waals surface area contributed by atoms with Gasteiger partial charge >= 0.3 is 0 Å². The summed E-state index contributed by atoms with van der Waals surface area (Å²) in [4.78, 5) is 0. The lowest BCUT2D eigenvalue weighted by Gasteiger charge is -2.33. The van der Waals surface area contributed by atoms with Crippen LogP contribution in [0.1, 0.15) is 12.0 Å². The molecule has 1 heterocycles. The summed E-state index contributed by atoms with van der Waals surface area (Å²) < 4.78 is 0. The maximum Gasteiger partial charge on any atom is 0.0342 e. The molecule has 0 aromatic heterocycles. The van der Waals surface area contributed by atoms with Crippen molar-refractivity contribution >= 4 is 5.69 Å². The van der Waals surface area contributed by atoms with Gasteiger partial charge in [0.15, 0.2) is 0 Å². The molecule has 104 valence electrons. The highest BCUT2D eigenvalue weighted by Gasteiger charge is 2.24. The van der Waals surface area contributed by atoms with Gasteiger partial charge in [0.25, 0.3) is 0 Å². The van der Waals surface area contributed by atoms with Crippen molar-refractivity contribution in [1.29, 1.82) is 0 Å². The Labute approximate surface area is 121 Å². The molecule has 0 aliphatic carbocycles. The van der Waals surface area contributed by atoms with Gasteiger partial charge in [-0.1, -0.05) is 48.5 Å². The number of benzene rings is 2. The number of hydrogen-bond acceptors (Lipinski definition) is 2. The summed E-state index contributed by atoms with van der Waals surface area (Å²) in [5, 5.41) is 7.24. The first-order valence-electron chi connectivity index (χ1n) is 7.48. The second-order valence-electron chi connectivity index (χ2n) is 5.56. The first-order chi connectivity index (χ1) is 9.92. The highest BCUT2D eigenvalue weighted by atomic mass is 15.0. The van der Waals surface area contributed by atoms with Crippen LogP contribution in [-0.4, -0.2) is 19.1 Å². The van der Waals surface area contributed by atoms with Crippen molar-refractivity contribution in [2.24, 2.45) is 5.92 Å². The van der Waals surface area contributed by atoms with Gasteiger partial charge in [0.2, 0.25) is 0 Å². The Kier molecular flexibility index (Phi) is 4.34. The van der Waals surface area contributed by atoms with E-state index < -0.39 is 0 Å². The van der Waals surface area contributed by atoms with Crippen LogP contribution in [0.5, 0.6) is 0 Å². The SMILES string of the molecule is c1ccc(C[C@@H]2CNCC[C@@H]2Nc2ccccc2)cc1. The van der Waals surface area contributed by atoms with Gasteiger partial charge in [-0.25, -0.2) is 0 Å². The highest BCUT2D eigenvalue weighted by Crippen LogP contribution is 2.21. The molecule has 0 unspecified atom stereocenters. The summed E-state index contributed by atoms with van der Waals surface area (Å²) in [6, 6.07) is 21.9. The Hall–Kier alpha value is -1.80. The molecule has 1 fully saturated rings. The molecule has 2 N–H and O–H groups in total. The zero-order valence-electron chi connectivity index (χ0n) is 11.8. The number of nitrogens with one attached hydrogen (secondary N) is 2. The van der Waals surface area contributed by atoms with Crippen LogP contribution in [0.25, 0.3) is 0 Å². The van der Waals surface area contributed by atoms with Gasteiger partial charge in [-0.05, 0) is 43.0 Å². The van der Waals surface area contributed by atoms with Gasteiger partial charge in [-0.15, -0.1) is 0 Å². The molecule has 20 heavy (non-hydrogen) atoms. The first-order valence-corrected chi connectivity index (χ1v) is 7.48. The molecule has 2 aromatic carbocycles. The topological polar surface area (TPSA) is 24.1 Å². The molecular weight excluding hydrogens is 244 g/mol. The number of rotatable bonds is 4. The van der Waals surface area contributed by atoms with E-state index in [1.54, 1.807) is 0 Å². The van der Waals surface area contributed by atoms with E-state index in [4.69, 9.17) is 0 Å². The van der Waals surface area contributed by atoms with Crippen molar-refractivity contribution in [1.82, 2.24) is 5.32 Å². The van der Waals surface area contributed by atoms with E-state index in [1.165, 1.54) is 17.7 Å². The Morgan fingerprint density at radius 2 is 1.65 bits per heavy atom.